The number of halogens is 1. The molecule has 3 aromatic rings. The monoisotopic (exact) mass is 473 g/mol. The van der Waals surface area contributed by atoms with Gasteiger partial charge in [-0.15, -0.1) is 0 Å². The number of nitrogen functional groups attached to an aromatic ring is 1. The largest absolute Gasteiger partial charge is 0.494 e. The van der Waals surface area contributed by atoms with Crippen LogP contribution in [0.5, 0.6) is 5.75 Å². The van der Waals surface area contributed by atoms with E-state index in [1.807, 2.05) is 13.8 Å². The fraction of sp³-hybridized carbons (Fsp3) is 0.348. The van der Waals surface area contributed by atoms with Gasteiger partial charge in [0.05, 0.1) is 35.2 Å². The molecule has 0 radical (unpaired) electrons. The van der Waals surface area contributed by atoms with Crippen LogP contribution >= 0.6 is 7.14 Å². The summed E-state index contributed by atoms with van der Waals surface area (Å²) in [5.41, 5.74) is 8.31. The molecule has 176 valence electrons. The number of nitrogens with two attached hydrogens (primary N) is 1. The Hall–Kier alpha value is -3.19. The number of anilines is 3. The highest BCUT2D eigenvalue weighted by molar-refractivity contribution is 7.71. The van der Waals surface area contributed by atoms with Crippen LogP contribution in [0, 0.1) is 5.82 Å². The molecule has 3 N–H and O–H groups in total. The number of pyridine rings is 1. The number of aromatic nitrogens is 3. The zero-order valence-electron chi connectivity index (χ0n) is 19.5. The first kappa shape index (κ1) is 24.5. The fourth-order valence-electron chi connectivity index (χ4n) is 3.75. The molecule has 0 aliphatic heterocycles. The number of Topliss-reactive ketones (excluding diaryl/α,β-unsaturated/α-hetero) is 1. The minimum Gasteiger partial charge on any atom is -0.494 e. The van der Waals surface area contributed by atoms with E-state index in [9.17, 15) is 13.8 Å². The van der Waals surface area contributed by atoms with Crippen molar-refractivity contribution < 1.29 is 18.5 Å². The minimum atomic E-state index is -2.61. The second-order valence-electron chi connectivity index (χ2n) is 7.62. The number of carbonyl (C=O) groups is 1. The van der Waals surface area contributed by atoms with Gasteiger partial charge in [-0.25, -0.2) is 9.37 Å². The number of rotatable bonds is 9. The quantitative estimate of drug-likeness (QED) is 0.346. The first-order chi connectivity index (χ1) is 15.7. The fourth-order valence-corrected chi connectivity index (χ4v) is 5.77. The van der Waals surface area contributed by atoms with Crippen LogP contribution in [-0.2, 0) is 11.6 Å². The zero-order valence-corrected chi connectivity index (χ0v) is 20.4. The Bertz CT molecular complexity index is 1230. The number of hydrogen-bond donors (Lipinski definition) is 2. The second-order valence-corrected chi connectivity index (χ2v) is 11.1. The molecule has 0 spiro atoms. The zero-order chi connectivity index (χ0) is 24.3. The first-order valence-corrected chi connectivity index (χ1v) is 12.8. The van der Waals surface area contributed by atoms with E-state index < -0.39 is 13.0 Å². The van der Waals surface area contributed by atoms with Crippen LogP contribution < -0.4 is 21.2 Å². The van der Waals surface area contributed by atoms with Crippen molar-refractivity contribution in [3.63, 3.8) is 0 Å². The van der Waals surface area contributed by atoms with Crippen LogP contribution in [0.15, 0.2) is 30.5 Å². The molecule has 0 amide bonds. The number of nitrogens with one attached hydrogen (secondary N) is 1. The third kappa shape index (κ3) is 4.78. The van der Waals surface area contributed by atoms with Gasteiger partial charge in [0, 0.05) is 49.7 Å². The molecule has 0 unspecified atom stereocenters. The van der Waals surface area contributed by atoms with Gasteiger partial charge in [-0.1, -0.05) is 20.8 Å². The third-order valence-electron chi connectivity index (χ3n) is 5.64. The second kappa shape index (κ2) is 9.75. The topological polar surface area (TPSA) is 112 Å². The lowest BCUT2D eigenvalue weighted by molar-refractivity contribution is 0.0988. The Balaban J connectivity index is 2.15. The van der Waals surface area contributed by atoms with Gasteiger partial charge in [0.1, 0.15) is 18.8 Å². The number of aryl methyl sites for hydroxylation is 1. The molecule has 33 heavy (non-hydrogen) atoms. The summed E-state index contributed by atoms with van der Waals surface area (Å²) in [7, 11) is 0.585. The molecule has 0 saturated heterocycles. The molecular formula is C23H29FN5O3P. The van der Waals surface area contributed by atoms with Gasteiger partial charge in [0.25, 0.3) is 0 Å². The standard InChI is InChI=1S/C23H29FN5O3P/c1-6-20(30)16-13-26-21(25)11-17(16)27-19-10-14(24)9-15(23(19)32-5)18-12-22(29(4)28-18)33(31,7-2)8-3/h9-13H,6-8H2,1-5H3,(H3,25,26,27). The SMILES string of the molecule is CCC(=O)c1cnc(N)cc1Nc1cc(F)cc(-c2cc(P(=O)(CC)CC)n(C)n2)c1OC. The highest BCUT2D eigenvalue weighted by Crippen LogP contribution is 2.45. The van der Waals surface area contributed by atoms with Crippen molar-refractivity contribution in [2.24, 2.45) is 7.05 Å². The molecule has 0 aliphatic rings. The number of carbonyl (C=O) groups excluding carboxylic acids is 1. The predicted molar refractivity (Wildman–Crippen MR) is 130 cm³/mol. The van der Waals surface area contributed by atoms with Crippen molar-refractivity contribution in [3.8, 4) is 17.0 Å². The van der Waals surface area contributed by atoms with Crippen LogP contribution in [-0.4, -0.2) is 40.0 Å². The summed E-state index contributed by atoms with van der Waals surface area (Å²) in [6.07, 6.45) is 2.69. The normalized spacial score (nSPS) is 11.5. The molecule has 0 aliphatic carbocycles. The maximum Gasteiger partial charge on any atom is 0.166 e. The van der Waals surface area contributed by atoms with E-state index >= 15 is 0 Å². The summed E-state index contributed by atoms with van der Waals surface area (Å²) in [6, 6.07) is 5.83. The molecule has 3 rings (SSSR count). The van der Waals surface area contributed by atoms with Crippen molar-refractivity contribution in [3.05, 3.63) is 41.8 Å². The van der Waals surface area contributed by atoms with Gasteiger partial charge in [0.2, 0.25) is 0 Å². The summed E-state index contributed by atoms with van der Waals surface area (Å²) in [5, 5.41) is 7.58. The molecule has 0 bridgehead atoms. The number of methoxy groups -OCH3 is 1. The van der Waals surface area contributed by atoms with Gasteiger partial charge >= 0.3 is 0 Å². The Morgan fingerprint density at radius 3 is 2.48 bits per heavy atom. The lowest BCUT2D eigenvalue weighted by Gasteiger charge is -2.16. The van der Waals surface area contributed by atoms with Crippen molar-refractivity contribution in [2.45, 2.75) is 27.2 Å². The Morgan fingerprint density at radius 2 is 1.88 bits per heavy atom. The number of nitrogens with zero attached hydrogens (tertiary/aromatic N) is 3. The maximum atomic E-state index is 14.7. The molecule has 8 nitrogen and oxygen atoms in total. The van der Waals surface area contributed by atoms with Crippen molar-refractivity contribution in [1.82, 2.24) is 14.8 Å². The van der Waals surface area contributed by atoms with Crippen molar-refractivity contribution in [1.29, 1.82) is 0 Å². The van der Waals surface area contributed by atoms with E-state index in [2.05, 4.69) is 15.4 Å². The number of benzene rings is 1. The predicted octanol–water partition coefficient (Wildman–Crippen LogP) is 4.58. The van der Waals surface area contributed by atoms with Crippen LogP contribution in [0.25, 0.3) is 11.3 Å². The van der Waals surface area contributed by atoms with Crippen LogP contribution in [0.4, 0.5) is 21.6 Å². The molecule has 1 aromatic carbocycles. The van der Waals surface area contributed by atoms with Gasteiger partial charge in [-0.3, -0.25) is 9.48 Å². The van der Waals surface area contributed by atoms with Gasteiger partial charge < -0.3 is 20.4 Å². The summed E-state index contributed by atoms with van der Waals surface area (Å²) in [5.74, 6) is -0.121. The molecule has 0 fully saturated rings. The Labute approximate surface area is 192 Å². The van der Waals surface area contributed by atoms with Crippen LogP contribution in [0.2, 0.25) is 0 Å². The summed E-state index contributed by atoms with van der Waals surface area (Å²) >= 11 is 0. The molecule has 2 aromatic heterocycles. The van der Waals surface area contributed by atoms with Crippen molar-refractivity contribution >= 4 is 35.6 Å². The van der Waals surface area contributed by atoms with Gasteiger partial charge in [0.15, 0.2) is 11.5 Å². The summed E-state index contributed by atoms with van der Waals surface area (Å²) < 4.78 is 35.2. The maximum absolute atomic E-state index is 14.7. The van der Waals surface area contributed by atoms with Gasteiger partial charge in [-0.2, -0.15) is 5.10 Å². The molecule has 0 atom stereocenters. The average molecular weight is 473 g/mol. The van der Waals surface area contributed by atoms with Crippen molar-refractivity contribution in [2.75, 3.05) is 30.5 Å². The van der Waals surface area contributed by atoms with E-state index in [1.165, 1.54) is 31.5 Å². The highest BCUT2D eigenvalue weighted by Gasteiger charge is 2.27. The van der Waals surface area contributed by atoms with E-state index in [0.29, 0.717) is 51.7 Å². The van der Waals surface area contributed by atoms with E-state index in [-0.39, 0.29) is 18.0 Å². The molecule has 10 heteroatoms. The van der Waals surface area contributed by atoms with Crippen LogP contribution in [0.3, 0.4) is 0 Å². The smallest absolute Gasteiger partial charge is 0.166 e. The molecular weight excluding hydrogens is 444 g/mol. The highest BCUT2D eigenvalue weighted by atomic mass is 31.2. The third-order valence-corrected chi connectivity index (χ3v) is 8.94. The lowest BCUT2D eigenvalue weighted by Crippen LogP contribution is -2.17. The van der Waals surface area contributed by atoms with E-state index in [4.69, 9.17) is 10.5 Å². The lowest BCUT2D eigenvalue weighted by atomic mass is 10.1. The van der Waals surface area contributed by atoms with E-state index in [0.717, 1.165) is 0 Å². The van der Waals surface area contributed by atoms with E-state index in [1.54, 1.807) is 24.7 Å². The average Bonchev–Trinajstić information content (AvgIpc) is 3.20. The summed E-state index contributed by atoms with van der Waals surface area (Å²) in [4.78, 5) is 16.4. The Kier molecular flexibility index (Phi) is 7.22. The van der Waals surface area contributed by atoms with Gasteiger partial charge in [-0.05, 0) is 12.1 Å². The molecule has 0 saturated carbocycles. The molecule has 2 heterocycles. The summed E-state index contributed by atoms with van der Waals surface area (Å²) in [6.45, 7) is 5.52. The number of ether oxygens (including phenoxy) is 1. The minimum absolute atomic E-state index is 0.134. The van der Waals surface area contributed by atoms with Crippen LogP contribution in [0.1, 0.15) is 37.6 Å². The number of hydrogen-bond acceptors (Lipinski definition) is 7. The Morgan fingerprint density at radius 1 is 1.18 bits per heavy atom. The first-order valence-electron chi connectivity index (χ1n) is 10.7. The number of ketones is 1.